The Morgan fingerprint density at radius 1 is 1.40 bits per heavy atom. The highest BCUT2D eigenvalue weighted by Gasteiger charge is 2.20. The van der Waals surface area contributed by atoms with E-state index in [-0.39, 0.29) is 0 Å². The van der Waals surface area contributed by atoms with Crippen molar-refractivity contribution in [1.29, 1.82) is 0 Å². The van der Waals surface area contributed by atoms with Gasteiger partial charge in [0.05, 0.1) is 6.54 Å². The molecule has 1 aromatic heterocycles. The van der Waals surface area contributed by atoms with E-state index >= 15 is 0 Å². The van der Waals surface area contributed by atoms with Crippen LogP contribution in [0, 0.1) is 6.92 Å². The van der Waals surface area contributed by atoms with E-state index in [0.29, 0.717) is 17.8 Å². The molecular weight excluding hydrogens is 252 g/mol. The molecule has 5 heteroatoms. The van der Waals surface area contributed by atoms with Crippen molar-refractivity contribution in [2.75, 3.05) is 19.6 Å². The molecule has 5 nitrogen and oxygen atoms in total. The van der Waals surface area contributed by atoms with Gasteiger partial charge in [0.25, 0.3) is 0 Å². The van der Waals surface area contributed by atoms with Gasteiger partial charge in [-0.15, -0.1) is 10.2 Å². The number of rotatable bonds is 3. The highest BCUT2D eigenvalue weighted by Crippen LogP contribution is 2.19. The molecule has 106 valence electrons. The van der Waals surface area contributed by atoms with E-state index in [4.69, 9.17) is 4.42 Å². The van der Waals surface area contributed by atoms with Gasteiger partial charge in [-0.05, 0) is 26.0 Å². The lowest BCUT2D eigenvalue weighted by atomic mass is 10.1. The van der Waals surface area contributed by atoms with Gasteiger partial charge in [-0.3, -0.25) is 4.90 Å². The summed E-state index contributed by atoms with van der Waals surface area (Å²) in [5.74, 6) is 1.29. The zero-order valence-electron chi connectivity index (χ0n) is 12.0. The summed E-state index contributed by atoms with van der Waals surface area (Å²) in [6.45, 7) is 8.04. The minimum absolute atomic E-state index is 0.498. The zero-order chi connectivity index (χ0) is 13.9. The van der Waals surface area contributed by atoms with Crippen LogP contribution in [0.3, 0.4) is 0 Å². The van der Waals surface area contributed by atoms with E-state index < -0.39 is 0 Å². The van der Waals surface area contributed by atoms with E-state index in [1.807, 2.05) is 12.1 Å². The largest absolute Gasteiger partial charge is 0.419 e. The van der Waals surface area contributed by atoms with Crippen LogP contribution in [0.2, 0.25) is 0 Å². The lowest BCUT2D eigenvalue weighted by Gasteiger charge is -2.32. The van der Waals surface area contributed by atoms with Crippen LogP contribution in [0.5, 0.6) is 0 Å². The second-order valence-corrected chi connectivity index (χ2v) is 5.39. The molecule has 1 atom stereocenters. The summed E-state index contributed by atoms with van der Waals surface area (Å²) in [6, 6.07) is 8.62. The molecule has 0 spiro atoms. The number of nitrogens with zero attached hydrogens (tertiary/aromatic N) is 3. The molecule has 1 fully saturated rings. The van der Waals surface area contributed by atoms with E-state index in [2.05, 4.69) is 46.4 Å². The highest BCUT2D eigenvalue weighted by atomic mass is 16.4. The fraction of sp³-hybridized carbons (Fsp3) is 0.467. The second kappa shape index (κ2) is 5.73. The lowest BCUT2D eigenvalue weighted by molar-refractivity contribution is 0.151. The normalized spacial score (nSPS) is 20.2. The number of piperazine rings is 1. The van der Waals surface area contributed by atoms with Crippen molar-refractivity contribution in [2.45, 2.75) is 26.4 Å². The molecule has 0 saturated carbocycles. The fourth-order valence-corrected chi connectivity index (χ4v) is 2.50. The van der Waals surface area contributed by atoms with Gasteiger partial charge >= 0.3 is 0 Å². The molecule has 1 aliphatic rings. The van der Waals surface area contributed by atoms with Crippen LogP contribution in [-0.2, 0) is 6.54 Å². The van der Waals surface area contributed by atoms with Gasteiger partial charge < -0.3 is 9.73 Å². The topological polar surface area (TPSA) is 54.2 Å². The summed E-state index contributed by atoms with van der Waals surface area (Å²) in [4.78, 5) is 2.37. The molecule has 0 aliphatic carbocycles. The Bertz CT molecular complexity index is 581. The Labute approximate surface area is 119 Å². The monoisotopic (exact) mass is 272 g/mol. The van der Waals surface area contributed by atoms with Crippen LogP contribution >= 0.6 is 0 Å². The van der Waals surface area contributed by atoms with Crippen molar-refractivity contribution in [3.05, 3.63) is 35.7 Å². The molecule has 20 heavy (non-hydrogen) atoms. The standard InChI is InChI=1S/C15H20N4O/c1-11-4-3-5-13(8-11)15-18-17-14(20-15)10-19-7-6-16-9-12(19)2/h3-5,8,12,16H,6-7,9-10H2,1-2H3. The van der Waals surface area contributed by atoms with Gasteiger partial charge in [0, 0.05) is 31.2 Å². The minimum Gasteiger partial charge on any atom is -0.419 e. The molecule has 1 N–H and O–H groups in total. The summed E-state index contributed by atoms with van der Waals surface area (Å²) < 4.78 is 5.79. The van der Waals surface area contributed by atoms with E-state index in [9.17, 15) is 0 Å². The quantitative estimate of drug-likeness (QED) is 0.924. The van der Waals surface area contributed by atoms with Crippen LogP contribution in [0.4, 0.5) is 0 Å². The number of aryl methyl sites for hydroxylation is 1. The van der Waals surface area contributed by atoms with Crippen LogP contribution in [0.15, 0.2) is 28.7 Å². The van der Waals surface area contributed by atoms with Gasteiger partial charge in [0.15, 0.2) is 0 Å². The van der Waals surface area contributed by atoms with E-state index in [0.717, 1.165) is 31.7 Å². The first-order valence-corrected chi connectivity index (χ1v) is 7.06. The minimum atomic E-state index is 0.498. The molecule has 1 aromatic carbocycles. The Morgan fingerprint density at radius 3 is 3.10 bits per heavy atom. The summed E-state index contributed by atoms with van der Waals surface area (Å²) in [5.41, 5.74) is 2.18. The number of hydrogen-bond acceptors (Lipinski definition) is 5. The van der Waals surface area contributed by atoms with Crippen molar-refractivity contribution < 1.29 is 4.42 Å². The van der Waals surface area contributed by atoms with Gasteiger partial charge in [-0.1, -0.05) is 17.7 Å². The smallest absolute Gasteiger partial charge is 0.247 e. The lowest BCUT2D eigenvalue weighted by Crippen LogP contribution is -2.49. The SMILES string of the molecule is Cc1cccc(-c2nnc(CN3CCNCC3C)o2)c1. The molecule has 1 unspecified atom stereocenters. The van der Waals surface area contributed by atoms with Crippen molar-refractivity contribution in [3.63, 3.8) is 0 Å². The molecule has 0 amide bonds. The van der Waals surface area contributed by atoms with Gasteiger partial charge in [0.1, 0.15) is 0 Å². The first kappa shape index (κ1) is 13.3. The molecule has 3 rings (SSSR count). The molecule has 1 saturated heterocycles. The molecule has 0 radical (unpaired) electrons. The molecular formula is C15H20N4O. The number of nitrogens with one attached hydrogen (secondary N) is 1. The molecule has 2 heterocycles. The molecule has 0 bridgehead atoms. The number of benzene rings is 1. The van der Waals surface area contributed by atoms with Crippen molar-refractivity contribution in [1.82, 2.24) is 20.4 Å². The van der Waals surface area contributed by atoms with Crippen molar-refractivity contribution >= 4 is 0 Å². The van der Waals surface area contributed by atoms with Crippen LogP contribution in [-0.4, -0.2) is 40.8 Å². The summed E-state index contributed by atoms with van der Waals surface area (Å²) >= 11 is 0. The van der Waals surface area contributed by atoms with E-state index in [1.165, 1.54) is 5.56 Å². The van der Waals surface area contributed by atoms with Gasteiger partial charge in [-0.2, -0.15) is 0 Å². The van der Waals surface area contributed by atoms with Crippen molar-refractivity contribution in [3.8, 4) is 11.5 Å². The van der Waals surface area contributed by atoms with Crippen molar-refractivity contribution in [2.24, 2.45) is 0 Å². The van der Waals surface area contributed by atoms with Gasteiger partial charge in [-0.25, -0.2) is 0 Å². The van der Waals surface area contributed by atoms with Crippen LogP contribution in [0.1, 0.15) is 18.4 Å². The first-order valence-electron chi connectivity index (χ1n) is 7.06. The third kappa shape index (κ3) is 2.89. The maximum Gasteiger partial charge on any atom is 0.247 e. The van der Waals surface area contributed by atoms with Crippen LogP contribution < -0.4 is 5.32 Å². The Hall–Kier alpha value is -1.72. The Kier molecular flexibility index (Phi) is 3.80. The maximum atomic E-state index is 5.79. The predicted octanol–water partition coefficient (Wildman–Crippen LogP) is 1.84. The number of hydrogen-bond donors (Lipinski definition) is 1. The summed E-state index contributed by atoms with van der Waals surface area (Å²) in [5, 5.41) is 11.7. The third-order valence-electron chi connectivity index (χ3n) is 3.71. The van der Waals surface area contributed by atoms with Crippen LogP contribution in [0.25, 0.3) is 11.5 Å². The predicted molar refractivity (Wildman–Crippen MR) is 77.2 cm³/mol. The molecule has 2 aromatic rings. The average molecular weight is 272 g/mol. The third-order valence-corrected chi connectivity index (χ3v) is 3.71. The van der Waals surface area contributed by atoms with Gasteiger partial charge in [0.2, 0.25) is 11.8 Å². The second-order valence-electron chi connectivity index (χ2n) is 5.39. The fourth-order valence-electron chi connectivity index (χ4n) is 2.50. The zero-order valence-corrected chi connectivity index (χ0v) is 12.0. The number of aromatic nitrogens is 2. The summed E-state index contributed by atoms with van der Waals surface area (Å²) in [6.07, 6.45) is 0. The highest BCUT2D eigenvalue weighted by molar-refractivity contribution is 5.53. The first-order chi connectivity index (χ1) is 9.72. The van der Waals surface area contributed by atoms with E-state index in [1.54, 1.807) is 0 Å². The average Bonchev–Trinajstić information content (AvgIpc) is 2.90. The Balaban J connectivity index is 1.73. The summed E-state index contributed by atoms with van der Waals surface area (Å²) in [7, 11) is 0. The Morgan fingerprint density at radius 2 is 2.30 bits per heavy atom. The maximum absolute atomic E-state index is 5.79. The molecule has 1 aliphatic heterocycles.